The van der Waals surface area contributed by atoms with Crippen LogP contribution < -0.4 is 0 Å². The molecule has 1 radical (unpaired) electrons. The zero-order chi connectivity index (χ0) is 13.5. The fourth-order valence-electron chi connectivity index (χ4n) is 1.64. The highest BCUT2D eigenvalue weighted by Gasteiger charge is 2.03. The van der Waals surface area contributed by atoms with E-state index in [1.807, 2.05) is 0 Å². The van der Waals surface area contributed by atoms with Crippen molar-refractivity contribution in [2.24, 2.45) is 0 Å². The van der Waals surface area contributed by atoms with Crippen LogP contribution in [0.4, 0.5) is 0 Å². The highest BCUT2D eigenvalue weighted by Crippen LogP contribution is 1.95. The minimum absolute atomic E-state index is 0.828. The molecule has 0 aromatic rings. The molecule has 0 spiro atoms. The van der Waals surface area contributed by atoms with Crippen LogP contribution in [0.5, 0.6) is 0 Å². The number of unbranched alkanes of at least 4 members (excludes halogenated alkanes) is 2. The van der Waals surface area contributed by atoms with Crippen LogP contribution in [0.1, 0.15) is 46.0 Å². The molecule has 0 aliphatic heterocycles. The predicted molar refractivity (Wildman–Crippen MR) is 77.9 cm³/mol. The van der Waals surface area contributed by atoms with Gasteiger partial charge < -0.3 is 9.47 Å². The third kappa shape index (κ3) is 12.3. The molecule has 0 N–H and O–H groups in total. The van der Waals surface area contributed by atoms with Gasteiger partial charge in [-0.05, 0) is 25.8 Å². The van der Waals surface area contributed by atoms with E-state index in [1.54, 1.807) is 0 Å². The van der Waals surface area contributed by atoms with Gasteiger partial charge in [0.1, 0.15) is 0 Å². The molecule has 0 saturated heterocycles. The van der Waals surface area contributed by atoms with Crippen LogP contribution in [0.25, 0.3) is 0 Å². The molecule has 18 heavy (non-hydrogen) atoms. The van der Waals surface area contributed by atoms with Crippen molar-refractivity contribution in [1.82, 2.24) is 4.90 Å². The molecule has 109 valence electrons. The fourth-order valence-corrected chi connectivity index (χ4v) is 1.64. The Morgan fingerprint density at radius 2 is 1.28 bits per heavy atom. The minimum atomic E-state index is 0.828. The second-order valence-corrected chi connectivity index (χ2v) is 4.63. The maximum atomic E-state index is 5.59. The van der Waals surface area contributed by atoms with Crippen LogP contribution in [-0.2, 0) is 9.47 Å². The maximum Gasteiger partial charge on any atom is 0.0593 e. The summed E-state index contributed by atoms with van der Waals surface area (Å²) in [5, 5.41) is 0. The van der Waals surface area contributed by atoms with E-state index in [1.165, 1.54) is 12.8 Å². The van der Waals surface area contributed by atoms with E-state index in [9.17, 15) is 0 Å². The Kier molecular flexibility index (Phi) is 14.8. The maximum absolute atomic E-state index is 5.59. The monoisotopic (exact) mass is 258 g/mol. The van der Waals surface area contributed by atoms with Crippen LogP contribution in [0, 0.1) is 6.92 Å². The van der Waals surface area contributed by atoms with Gasteiger partial charge in [-0.25, -0.2) is 0 Å². The fraction of sp³-hybridized carbons (Fsp3) is 0.933. The highest BCUT2D eigenvalue weighted by molar-refractivity contribution is 4.58. The van der Waals surface area contributed by atoms with Gasteiger partial charge >= 0.3 is 0 Å². The van der Waals surface area contributed by atoms with Crippen molar-refractivity contribution in [3.05, 3.63) is 6.92 Å². The zero-order valence-corrected chi connectivity index (χ0v) is 12.5. The lowest BCUT2D eigenvalue weighted by Crippen LogP contribution is -2.32. The van der Waals surface area contributed by atoms with Crippen molar-refractivity contribution in [2.45, 2.75) is 46.0 Å². The number of nitrogens with zero attached hydrogens (tertiary/aromatic N) is 1. The van der Waals surface area contributed by atoms with Gasteiger partial charge in [-0.2, -0.15) is 0 Å². The number of hydrogen-bond donors (Lipinski definition) is 0. The summed E-state index contributed by atoms with van der Waals surface area (Å²) in [6, 6.07) is 0. The molecule has 0 bridgehead atoms. The van der Waals surface area contributed by atoms with Gasteiger partial charge in [0.05, 0.1) is 13.2 Å². The number of ether oxygens (including phenoxy) is 2. The van der Waals surface area contributed by atoms with E-state index in [0.29, 0.717) is 0 Å². The molecule has 0 aromatic heterocycles. The number of hydrogen-bond acceptors (Lipinski definition) is 3. The Hall–Kier alpha value is -0.120. The van der Waals surface area contributed by atoms with E-state index < -0.39 is 0 Å². The third-order valence-electron chi connectivity index (χ3n) is 2.86. The quantitative estimate of drug-likeness (QED) is 0.447. The Morgan fingerprint density at radius 1 is 0.778 bits per heavy atom. The first-order valence-electron chi connectivity index (χ1n) is 7.52. The molecule has 0 heterocycles. The van der Waals surface area contributed by atoms with Gasteiger partial charge in [0.15, 0.2) is 0 Å². The summed E-state index contributed by atoms with van der Waals surface area (Å²) in [4.78, 5) is 2.38. The molecule has 0 aliphatic carbocycles. The molecule has 0 unspecified atom stereocenters. The smallest absolute Gasteiger partial charge is 0.0593 e. The first-order chi connectivity index (χ1) is 8.85. The molecular formula is C15H32NO2. The summed E-state index contributed by atoms with van der Waals surface area (Å²) in [5.74, 6) is 0. The first kappa shape index (κ1) is 17.9. The van der Waals surface area contributed by atoms with Gasteiger partial charge in [-0.1, -0.05) is 33.6 Å². The largest absolute Gasteiger partial charge is 0.380 e. The SMILES string of the molecule is [CH2]CCN(CCOCCCC)CCOCCCC. The van der Waals surface area contributed by atoms with Crippen molar-refractivity contribution in [1.29, 1.82) is 0 Å². The normalized spacial score (nSPS) is 11.3. The Morgan fingerprint density at radius 3 is 1.67 bits per heavy atom. The highest BCUT2D eigenvalue weighted by atomic mass is 16.5. The first-order valence-corrected chi connectivity index (χ1v) is 7.52. The molecule has 0 atom stereocenters. The average Bonchev–Trinajstić information content (AvgIpc) is 2.38. The van der Waals surface area contributed by atoms with Gasteiger partial charge in [-0.15, -0.1) is 0 Å². The van der Waals surface area contributed by atoms with Crippen LogP contribution in [0.2, 0.25) is 0 Å². The molecule has 0 rings (SSSR count). The van der Waals surface area contributed by atoms with E-state index in [0.717, 1.165) is 65.3 Å². The lowest BCUT2D eigenvalue weighted by molar-refractivity contribution is 0.0734. The summed E-state index contributed by atoms with van der Waals surface area (Å²) in [6.45, 7) is 14.8. The van der Waals surface area contributed by atoms with Crippen LogP contribution in [0.15, 0.2) is 0 Å². The lowest BCUT2D eigenvalue weighted by Gasteiger charge is -2.21. The molecule has 0 aromatic carbocycles. The van der Waals surface area contributed by atoms with E-state index in [-0.39, 0.29) is 0 Å². The molecule has 3 heteroatoms. The van der Waals surface area contributed by atoms with E-state index in [4.69, 9.17) is 9.47 Å². The number of rotatable bonds is 14. The van der Waals surface area contributed by atoms with Crippen LogP contribution in [0.3, 0.4) is 0 Å². The summed E-state index contributed by atoms with van der Waals surface area (Å²) >= 11 is 0. The Balaban J connectivity index is 3.45. The average molecular weight is 258 g/mol. The van der Waals surface area contributed by atoms with E-state index >= 15 is 0 Å². The Labute approximate surface area is 114 Å². The van der Waals surface area contributed by atoms with Gasteiger partial charge in [0.2, 0.25) is 0 Å². The van der Waals surface area contributed by atoms with Crippen molar-refractivity contribution >= 4 is 0 Å². The van der Waals surface area contributed by atoms with Crippen molar-refractivity contribution in [3.63, 3.8) is 0 Å². The zero-order valence-electron chi connectivity index (χ0n) is 12.5. The minimum Gasteiger partial charge on any atom is -0.380 e. The van der Waals surface area contributed by atoms with Crippen molar-refractivity contribution < 1.29 is 9.47 Å². The van der Waals surface area contributed by atoms with Gasteiger partial charge in [0, 0.05) is 26.3 Å². The molecule has 0 aliphatic rings. The van der Waals surface area contributed by atoms with Gasteiger partial charge in [0.25, 0.3) is 0 Å². The van der Waals surface area contributed by atoms with Crippen molar-refractivity contribution in [3.8, 4) is 0 Å². The van der Waals surface area contributed by atoms with Crippen molar-refractivity contribution in [2.75, 3.05) is 46.1 Å². The van der Waals surface area contributed by atoms with Gasteiger partial charge in [-0.3, -0.25) is 4.90 Å². The summed E-state index contributed by atoms with van der Waals surface area (Å²) in [6.07, 6.45) is 5.68. The summed E-state index contributed by atoms with van der Waals surface area (Å²) < 4.78 is 11.2. The molecule has 3 nitrogen and oxygen atoms in total. The summed E-state index contributed by atoms with van der Waals surface area (Å²) in [5.41, 5.74) is 0. The van der Waals surface area contributed by atoms with Crippen LogP contribution >= 0.6 is 0 Å². The topological polar surface area (TPSA) is 21.7 Å². The standard InChI is InChI=1S/C15H32NO2/c1-4-7-12-17-14-10-16(9-6-3)11-15-18-13-8-5-2/h3-15H2,1-2H3. The predicted octanol–water partition coefficient (Wildman–Crippen LogP) is 3.15. The molecule has 0 amide bonds. The Bertz CT molecular complexity index is 139. The van der Waals surface area contributed by atoms with E-state index in [2.05, 4.69) is 25.7 Å². The molecular weight excluding hydrogens is 226 g/mol. The summed E-state index contributed by atoms with van der Waals surface area (Å²) in [7, 11) is 0. The second kappa shape index (κ2) is 14.9. The second-order valence-electron chi connectivity index (χ2n) is 4.63. The van der Waals surface area contributed by atoms with Crippen LogP contribution in [-0.4, -0.2) is 51.0 Å². The lowest BCUT2D eigenvalue weighted by atomic mass is 10.3. The molecule has 0 saturated carbocycles. The molecule has 0 fully saturated rings. The third-order valence-corrected chi connectivity index (χ3v) is 2.86.